The summed E-state index contributed by atoms with van der Waals surface area (Å²) < 4.78 is 0. The minimum absolute atomic E-state index is 0.0358. The maximum atomic E-state index is 12.4. The van der Waals surface area contributed by atoms with E-state index in [-0.39, 0.29) is 22.3 Å². The first-order valence-corrected chi connectivity index (χ1v) is 13.6. The van der Waals surface area contributed by atoms with Crippen LogP contribution >= 0.6 is 0 Å². The molecule has 3 nitrogen and oxygen atoms in total. The zero-order valence-electron chi connectivity index (χ0n) is 21.9. The Kier molecular flexibility index (Phi) is 6.25. The molecule has 8 atom stereocenters. The van der Waals surface area contributed by atoms with Gasteiger partial charge in [0.15, 0.2) is 0 Å². The highest BCUT2D eigenvalue weighted by Gasteiger charge is 2.68. The summed E-state index contributed by atoms with van der Waals surface area (Å²) in [4.78, 5) is 0. The molecule has 0 heterocycles. The lowest BCUT2D eigenvalue weighted by molar-refractivity contribution is -0.132. The summed E-state index contributed by atoms with van der Waals surface area (Å²) in [7, 11) is 0. The van der Waals surface area contributed by atoms with Gasteiger partial charge in [0, 0.05) is 5.41 Å². The molecule has 4 rings (SSSR count). The Morgan fingerprint density at radius 3 is 2.22 bits per heavy atom. The molecule has 0 aliphatic heterocycles. The molecule has 0 saturated heterocycles. The lowest BCUT2D eigenvalue weighted by atomic mass is 9.45. The zero-order chi connectivity index (χ0) is 23.7. The number of aliphatic hydroxyl groups is 3. The van der Waals surface area contributed by atoms with Crippen LogP contribution in [0.2, 0.25) is 0 Å². The first-order chi connectivity index (χ1) is 14.8. The van der Waals surface area contributed by atoms with Crippen LogP contribution in [0.25, 0.3) is 0 Å². The highest BCUT2D eigenvalue weighted by molar-refractivity contribution is 5.42. The molecule has 0 aromatic rings. The van der Waals surface area contributed by atoms with Crippen LogP contribution in [-0.4, -0.2) is 33.1 Å². The zero-order valence-corrected chi connectivity index (χ0v) is 21.9. The average Bonchev–Trinajstić information content (AvgIpc) is 2.92. The molecule has 2 saturated carbocycles. The normalized spacial score (nSPS) is 46.6. The first-order valence-electron chi connectivity index (χ1n) is 13.6. The predicted octanol–water partition coefficient (Wildman–Crippen LogP) is 6.25. The molecule has 0 radical (unpaired) electrons. The van der Waals surface area contributed by atoms with Crippen molar-refractivity contribution >= 4 is 0 Å². The van der Waals surface area contributed by atoms with E-state index in [0.29, 0.717) is 17.8 Å². The molecule has 32 heavy (non-hydrogen) atoms. The summed E-state index contributed by atoms with van der Waals surface area (Å²) in [5.41, 5.74) is 1.26. The molecule has 0 aromatic heterocycles. The number of allylic oxidation sites excluding steroid dienone is 1. The molecule has 184 valence electrons. The molecule has 3 N–H and O–H groups in total. The number of fused-ring (bicyclic) bond motifs is 4. The molecule has 0 spiro atoms. The predicted molar refractivity (Wildman–Crippen MR) is 131 cm³/mol. The highest BCUT2D eigenvalue weighted by Crippen LogP contribution is 2.69. The summed E-state index contributed by atoms with van der Waals surface area (Å²) >= 11 is 0. The Balaban J connectivity index is 1.67. The smallest absolute Gasteiger partial charge is 0.117 e. The Hall–Kier alpha value is -0.380. The molecule has 4 aliphatic carbocycles. The van der Waals surface area contributed by atoms with Gasteiger partial charge < -0.3 is 15.3 Å². The van der Waals surface area contributed by atoms with Gasteiger partial charge in [-0.3, -0.25) is 0 Å². The SMILES string of the molecule is CC(C)CCC[C@@H](C)[C@H]1C[C@H](O)[C@@]2(O)C3=C(CC[C@]12C)[C@@]1(C)CCC(O)C(C)(C)[C@@H]1CC3. The van der Waals surface area contributed by atoms with Crippen molar-refractivity contribution in [3.05, 3.63) is 11.1 Å². The topological polar surface area (TPSA) is 60.7 Å². The maximum Gasteiger partial charge on any atom is 0.117 e. The Morgan fingerprint density at radius 1 is 0.875 bits per heavy atom. The fourth-order valence-electron chi connectivity index (χ4n) is 9.28. The van der Waals surface area contributed by atoms with Gasteiger partial charge in [0.2, 0.25) is 0 Å². The fraction of sp³-hybridized carbons (Fsp3) is 0.931. The molecule has 3 heteroatoms. The van der Waals surface area contributed by atoms with Crippen LogP contribution in [0, 0.1) is 39.9 Å². The summed E-state index contributed by atoms with van der Waals surface area (Å²) in [5, 5.41) is 34.6. The molecular weight excluding hydrogens is 396 g/mol. The number of hydrogen-bond donors (Lipinski definition) is 3. The minimum atomic E-state index is -1.08. The van der Waals surface area contributed by atoms with Gasteiger partial charge in [0.1, 0.15) is 5.60 Å². The molecule has 0 amide bonds. The van der Waals surface area contributed by atoms with Crippen molar-refractivity contribution in [2.45, 2.75) is 130 Å². The van der Waals surface area contributed by atoms with Crippen molar-refractivity contribution in [2.24, 2.45) is 39.9 Å². The first kappa shape index (κ1) is 24.7. The quantitative estimate of drug-likeness (QED) is 0.437. The van der Waals surface area contributed by atoms with E-state index >= 15 is 0 Å². The Labute approximate surface area is 197 Å². The van der Waals surface area contributed by atoms with E-state index in [1.807, 2.05) is 0 Å². The minimum Gasteiger partial charge on any atom is -0.393 e. The maximum absolute atomic E-state index is 12.4. The van der Waals surface area contributed by atoms with Gasteiger partial charge in [-0.25, -0.2) is 0 Å². The van der Waals surface area contributed by atoms with Gasteiger partial charge in [-0.2, -0.15) is 0 Å². The molecular formula is C29H50O3. The monoisotopic (exact) mass is 446 g/mol. The Morgan fingerprint density at radius 2 is 1.56 bits per heavy atom. The number of aliphatic hydroxyl groups excluding tert-OH is 2. The standard InChI is InChI=1S/C29H50O3/c1-18(2)9-8-10-19(3)22-17-25(31)29(32)21-11-12-23-26(4,5)24(30)14-15-27(23,6)20(21)13-16-28(22,29)7/h18-19,22-25,30-32H,8-17H2,1-7H3/t19-,22-,23+,24?,25+,27-,28-,29+/m1/s1. The van der Waals surface area contributed by atoms with Crippen LogP contribution in [0.3, 0.4) is 0 Å². The summed E-state index contributed by atoms with van der Waals surface area (Å²) in [5.74, 6) is 2.08. The van der Waals surface area contributed by atoms with Crippen molar-refractivity contribution in [3.63, 3.8) is 0 Å². The molecule has 0 aromatic carbocycles. The number of rotatable bonds is 5. The van der Waals surface area contributed by atoms with Gasteiger partial charge in [0.25, 0.3) is 0 Å². The van der Waals surface area contributed by atoms with E-state index in [1.165, 1.54) is 30.4 Å². The van der Waals surface area contributed by atoms with E-state index in [0.717, 1.165) is 50.9 Å². The lowest BCUT2D eigenvalue weighted by Gasteiger charge is -2.61. The van der Waals surface area contributed by atoms with Gasteiger partial charge >= 0.3 is 0 Å². The van der Waals surface area contributed by atoms with Crippen LogP contribution in [0.1, 0.15) is 113 Å². The van der Waals surface area contributed by atoms with Crippen LogP contribution in [-0.2, 0) is 0 Å². The van der Waals surface area contributed by atoms with Crippen LogP contribution in [0.15, 0.2) is 11.1 Å². The molecule has 1 unspecified atom stereocenters. The molecule has 2 fully saturated rings. The van der Waals surface area contributed by atoms with Crippen molar-refractivity contribution in [3.8, 4) is 0 Å². The van der Waals surface area contributed by atoms with Crippen LogP contribution < -0.4 is 0 Å². The molecule has 4 aliphatic rings. The van der Waals surface area contributed by atoms with Gasteiger partial charge in [0.05, 0.1) is 12.2 Å². The third-order valence-corrected chi connectivity index (χ3v) is 11.3. The van der Waals surface area contributed by atoms with Crippen molar-refractivity contribution in [1.82, 2.24) is 0 Å². The van der Waals surface area contributed by atoms with Crippen LogP contribution in [0.4, 0.5) is 0 Å². The van der Waals surface area contributed by atoms with E-state index in [4.69, 9.17) is 0 Å². The summed E-state index contributed by atoms with van der Waals surface area (Å²) in [6.07, 6.45) is 9.29. The van der Waals surface area contributed by atoms with Crippen molar-refractivity contribution in [2.75, 3.05) is 0 Å². The van der Waals surface area contributed by atoms with E-state index < -0.39 is 11.7 Å². The van der Waals surface area contributed by atoms with Gasteiger partial charge in [-0.05, 0) is 85.0 Å². The van der Waals surface area contributed by atoms with Gasteiger partial charge in [-0.1, -0.05) is 73.3 Å². The lowest BCUT2D eigenvalue weighted by Crippen LogP contribution is -2.60. The average molecular weight is 447 g/mol. The van der Waals surface area contributed by atoms with Crippen molar-refractivity contribution < 1.29 is 15.3 Å². The fourth-order valence-corrected chi connectivity index (χ4v) is 9.28. The third kappa shape index (κ3) is 3.31. The highest BCUT2D eigenvalue weighted by atomic mass is 16.3. The van der Waals surface area contributed by atoms with Crippen molar-refractivity contribution in [1.29, 1.82) is 0 Å². The summed E-state index contributed by atoms with van der Waals surface area (Å²) in [6.45, 7) is 16.1. The number of hydrogen-bond acceptors (Lipinski definition) is 3. The third-order valence-electron chi connectivity index (χ3n) is 11.3. The largest absolute Gasteiger partial charge is 0.393 e. The second kappa shape index (κ2) is 8.09. The second-order valence-corrected chi connectivity index (χ2v) is 13.7. The van der Waals surface area contributed by atoms with E-state index in [1.54, 1.807) is 0 Å². The van der Waals surface area contributed by atoms with Gasteiger partial charge in [-0.15, -0.1) is 0 Å². The van der Waals surface area contributed by atoms with E-state index in [9.17, 15) is 15.3 Å². The summed E-state index contributed by atoms with van der Waals surface area (Å²) in [6, 6.07) is 0. The Bertz CT molecular complexity index is 754. The molecule has 0 bridgehead atoms. The van der Waals surface area contributed by atoms with E-state index in [2.05, 4.69) is 48.5 Å². The second-order valence-electron chi connectivity index (χ2n) is 13.7. The van der Waals surface area contributed by atoms with Crippen LogP contribution in [0.5, 0.6) is 0 Å².